The SMILES string of the molecule is CC1=CC(C)=NC(c2ccccc2)(c2ccccc2)N1. The topological polar surface area (TPSA) is 24.4 Å². The summed E-state index contributed by atoms with van der Waals surface area (Å²) in [6.07, 6.45) is 2.07. The van der Waals surface area contributed by atoms with E-state index < -0.39 is 5.66 Å². The van der Waals surface area contributed by atoms with Crippen molar-refractivity contribution in [1.82, 2.24) is 5.32 Å². The molecule has 0 aromatic heterocycles. The smallest absolute Gasteiger partial charge is 0.181 e. The van der Waals surface area contributed by atoms with E-state index in [0.29, 0.717) is 0 Å². The molecule has 100 valence electrons. The third-order valence-electron chi connectivity index (χ3n) is 3.53. The molecular weight excluding hydrogens is 244 g/mol. The molecule has 0 saturated carbocycles. The molecule has 0 saturated heterocycles. The van der Waals surface area contributed by atoms with Gasteiger partial charge in [-0.2, -0.15) is 0 Å². The second kappa shape index (κ2) is 4.97. The van der Waals surface area contributed by atoms with Crippen molar-refractivity contribution >= 4 is 5.71 Å². The van der Waals surface area contributed by atoms with E-state index in [-0.39, 0.29) is 0 Å². The molecule has 2 aromatic rings. The van der Waals surface area contributed by atoms with Crippen LogP contribution in [0.1, 0.15) is 25.0 Å². The van der Waals surface area contributed by atoms with Gasteiger partial charge in [0.05, 0.1) is 0 Å². The van der Waals surface area contributed by atoms with Crippen LogP contribution in [0.2, 0.25) is 0 Å². The zero-order chi connectivity index (χ0) is 14.0. The van der Waals surface area contributed by atoms with Crippen LogP contribution in [-0.2, 0) is 5.66 Å². The van der Waals surface area contributed by atoms with Crippen molar-refractivity contribution < 1.29 is 0 Å². The van der Waals surface area contributed by atoms with Crippen LogP contribution in [0, 0.1) is 0 Å². The van der Waals surface area contributed by atoms with Gasteiger partial charge in [-0.3, -0.25) is 4.99 Å². The maximum atomic E-state index is 4.93. The molecule has 0 aliphatic carbocycles. The first kappa shape index (κ1) is 12.7. The van der Waals surface area contributed by atoms with E-state index in [0.717, 1.165) is 22.5 Å². The van der Waals surface area contributed by atoms with Gasteiger partial charge in [-0.15, -0.1) is 0 Å². The Labute approximate surface area is 119 Å². The van der Waals surface area contributed by atoms with Crippen LogP contribution in [0.4, 0.5) is 0 Å². The molecule has 0 amide bonds. The van der Waals surface area contributed by atoms with Gasteiger partial charge < -0.3 is 5.32 Å². The van der Waals surface area contributed by atoms with Crippen LogP contribution in [0.5, 0.6) is 0 Å². The van der Waals surface area contributed by atoms with Crippen molar-refractivity contribution in [2.75, 3.05) is 0 Å². The third kappa shape index (κ3) is 2.14. The Kier molecular flexibility index (Phi) is 3.15. The zero-order valence-corrected chi connectivity index (χ0v) is 11.8. The average molecular weight is 262 g/mol. The number of nitrogens with zero attached hydrogens (tertiary/aromatic N) is 1. The number of rotatable bonds is 2. The van der Waals surface area contributed by atoms with Gasteiger partial charge in [-0.25, -0.2) is 0 Å². The van der Waals surface area contributed by atoms with Gasteiger partial charge in [0.1, 0.15) is 0 Å². The minimum atomic E-state index is -0.522. The summed E-state index contributed by atoms with van der Waals surface area (Å²) in [7, 11) is 0. The predicted molar refractivity (Wildman–Crippen MR) is 83.7 cm³/mol. The van der Waals surface area contributed by atoms with E-state index in [1.165, 1.54) is 0 Å². The molecule has 20 heavy (non-hydrogen) atoms. The predicted octanol–water partition coefficient (Wildman–Crippen LogP) is 3.86. The number of nitrogens with one attached hydrogen (secondary N) is 1. The van der Waals surface area contributed by atoms with Gasteiger partial charge in [-0.05, 0) is 19.9 Å². The highest BCUT2D eigenvalue weighted by Gasteiger charge is 2.35. The van der Waals surface area contributed by atoms with Crippen LogP contribution >= 0.6 is 0 Å². The van der Waals surface area contributed by atoms with Gasteiger partial charge in [0, 0.05) is 22.5 Å². The molecule has 0 spiro atoms. The van der Waals surface area contributed by atoms with E-state index in [4.69, 9.17) is 4.99 Å². The Balaban J connectivity index is 2.22. The van der Waals surface area contributed by atoms with Crippen LogP contribution in [0.15, 0.2) is 77.4 Å². The summed E-state index contributed by atoms with van der Waals surface area (Å²) >= 11 is 0. The molecule has 2 aromatic carbocycles. The first-order chi connectivity index (χ1) is 9.71. The number of allylic oxidation sites excluding steroid dienone is 2. The highest BCUT2D eigenvalue weighted by molar-refractivity contribution is 5.94. The Morgan fingerprint density at radius 3 is 1.75 bits per heavy atom. The Morgan fingerprint density at radius 2 is 1.30 bits per heavy atom. The Morgan fingerprint density at radius 1 is 0.800 bits per heavy atom. The lowest BCUT2D eigenvalue weighted by atomic mass is 9.90. The quantitative estimate of drug-likeness (QED) is 0.873. The number of aliphatic imine (C=N–C) groups is 1. The average Bonchev–Trinajstić information content (AvgIpc) is 2.48. The van der Waals surface area contributed by atoms with E-state index in [1.54, 1.807) is 0 Å². The molecule has 0 unspecified atom stereocenters. The Hall–Kier alpha value is -2.35. The summed E-state index contributed by atoms with van der Waals surface area (Å²) in [6, 6.07) is 20.8. The van der Waals surface area contributed by atoms with Gasteiger partial charge in [0.25, 0.3) is 0 Å². The fraction of sp³-hybridized carbons (Fsp3) is 0.167. The molecule has 1 aliphatic heterocycles. The highest BCUT2D eigenvalue weighted by Crippen LogP contribution is 2.34. The summed E-state index contributed by atoms with van der Waals surface area (Å²) in [5.41, 5.74) is 3.95. The maximum absolute atomic E-state index is 4.93. The fourth-order valence-electron chi connectivity index (χ4n) is 2.76. The maximum Gasteiger partial charge on any atom is 0.181 e. The number of benzene rings is 2. The van der Waals surface area contributed by atoms with E-state index in [1.807, 2.05) is 19.1 Å². The van der Waals surface area contributed by atoms with Crippen molar-refractivity contribution in [1.29, 1.82) is 0 Å². The second-order valence-electron chi connectivity index (χ2n) is 5.15. The zero-order valence-electron chi connectivity index (χ0n) is 11.8. The van der Waals surface area contributed by atoms with Crippen molar-refractivity contribution in [3.8, 4) is 0 Å². The van der Waals surface area contributed by atoms with E-state index in [2.05, 4.69) is 66.8 Å². The molecule has 1 heterocycles. The van der Waals surface area contributed by atoms with Gasteiger partial charge in [-0.1, -0.05) is 60.7 Å². The summed E-state index contributed by atoms with van der Waals surface area (Å²) < 4.78 is 0. The monoisotopic (exact) mass is 262 g/mol. The normalized spacial score (nSPS) is 16.9. The van der Waals surface area contributed by atoms with E-state index in [9.17, 15) is 0 Å². The van der Waals surface area contributed by atoms with Crippen LogP contribution in [0.3, 0.4) is 0 Å². The molecule has 2 heteroatoms. The van der Waals surface area contributed by atoms with Crippen LogP contribution < -0.4 is 5.32 Å². The standard InChI is InChI=1S/C18H18N2/c1-14-13-15(2)20-18(19-14,16-9-5-3-6-10-16)17-11-7-4-8-12-17/h3-13,19H,1-2H3. The second-order valence-corrected chi connectivity index (χ2v) is 5.15. The van der Waals surface area contributed by atoms with Crippen molar-refractivity contribution in [3.05, 3.63) is 83.6 Å². The first-order valence-electron chi connectivity index (χ1n) is 6.85. The third-order valence-corrected chi connectivity index (χ3v) is 3.53. The molecule has 0 bridgehead atoms. The van der Waals surface area contributed by atoms with Crippen molar-refractivity contribution in [3.63, 3.8) is 0 Å². The summed E-state index contributed by atoms with van der Waals surface area (Å²) in [5, 5.41) is 3.57. The number of hydrogen-bond donors (Lipinski definition) is 1. The summed E-state index contributed by atoms with van der Waals surface area (Å²) in [6.45, 7) is 4.13. The molecule has 2 nitrogen and oxygen atoms in total. The molecule has 1 N–H and O–H groups in total. The lowest BCUT2D eigenvalue weighted by molar-refractivity contribution is 0.459. The van der Waals surface area contributed by atoms with Gasteiger partial charge in [0.2, 0.25) is 0 Å². The highest BCUT2D eigenvalue weighted by atomic mass is 15.2. The lowest BCUT2D eigenvalue weighted by Crippen LogP contribution is -2.43. The molecular formula is C18H18N2. The lowest BCUT2D eigenvalue weighted by Gasteiger charge is -2.36. The molecule has 0 fully saturated rings. The molecule has 0 radical (unpaired) electrons. The summed E-state index contributed by atoms with van der Waals surface area (Å²) in [5.74, 6) is 0. The first-order valence-corrected chi connectivity index (χ1v) is 6.85. The van der Waals surface area contributed by atoms with Crippen LogP contribution in [0.25, 0.3) is 0 Å². The fourth-order valence-corrected chi connectivity index (χ4v) is 2.76. The summed E-state index contributed by atoms with van der Waals surface area (Å²) in [4.78, 5) is 4.93. The Bertz CT molecular complexity index is 615. The van der Waals surface area contributed by atoms with Gasteiger partial charge in [0.15, 0.2) is 5.66 Å². The van der Waals surface area contributed by atoms with Crippen LogP contribution in [-0.4, -0.2) is 5.71 Å². The minimum absolute atomic E-state index is 0.522. The van der Waals surface area contributed by atoms with E-state index >= 15 is 0 Å². The molecule has 1 aliphatic rings. The number of hydrogen-bond acceptors (Lipinski definition) is 2. The van der Waals surface area contributed by atoms with Crippen molar-refractivity contribution in [2.45, 2.75) is 19.5 Å². The van der Waals surface area contributed by atoms with Gasteiger partial charge >= 0.3 is 0 Å². The largest absolute Gasteiger partial charge is 0.357 e. The molecule has 0 atom stereocenters. The van der Waals surface area contributed by atoms with Crippen molar-refractivity contribution in [2.24, 2.45) is 4.99 Å². The minimum Gasteiger partial charge on any atom is -0.357 e. The molecule has 3 rings (SSSR count).